The number of carbonyl (C=O) groups is 1. The van der Waals surface area contributed by atoms with Crippen LogP contribution in [0.1, 0.15) is 16.1 Å². The monoisotopic (exact) mass is 545 g/mol. The van der Waals surface area contributed by atoms with E-state index < -0.39 is 23.1 Å². The van der Waals surface area contributed by atoms with Gasteiger partial charge in [-0.3, -0.25) is 19.1 Å². The second kappa shape index (κ2) is 11.9. The van der Waals surface area contributed by atoms with Crippen LogP contribution in [0.15, 0.2) is 77.9 Å². The van der Waals surface area contributed by atoms with Crippen molar-refractivity contribution < 1.29 is 23.0 Å². The fourth-order valence-electron chi connectivity index (χ4n) is 4.25. The van der Waals surface area contributed by atoms with E-state index in [2.05, 4.69) is 15.2 Å². The zero-order valence-corrected chi connectivity index (χ0v) is 21.3. The van der Waals surface area contributed by atoms with Crippen molar-refractivity contribution in [3.05, 3.63) is 106 Å². The van der Waals surface area contributed by atoms with Crippen molar-refractivity contribution >= 4 is 23.5 Å². The standard InChI is InChI=1S/C29H25F2N5O4/c30-19-3-6-21(7-4-19)36-11-1-2-23(29(36)38)28(37)34-20-5-8-26(24(31)16-20)40-27-17-22(18-33-25(27)9-10-32)35-12-14-39-15-13-35/h1-8,10-11,16-18,32H,9,12-15H2,(H,34,37). The number of pyridine rings is 2. The summed E-state index contributed by atoms with van der Waals surface area (Å²) in [6.45, 7) is 2.54. The summed E-state index contributed by atoms with van der Waals surface area (Å²) < 4.78 is 40.9. The minimum absolute atomic E-state index is 0.0940. The SMILES string of the molecule is N=CCc1ncc(N2CCOCC2)cc1Oc1ccc(NC(=O)c2cccn(-c3ccc(F)cc3)c2=O)cc1F. The van der Waals surface area contributed by atoms with Gasteiger partial charge in [0.15, 0.2) is 17.3 Å². The van der Waals surface area contributed by atoms with Gasteiger partial charge < -0.3 is 25.1 Å². The predicted molar refractivity (Wildman–Crippen MR) is 146 cm³/mol. The smallest absolute Gasteiger partial charge is 0.267 e. The van der Waals surface area contributed by atoms with Crippen LogP contribution in [0.4, 0.5) is 20.2 Å². The molecule has 2 N–H and O–H groups in total. The van der Waals surface area contributed by atoms with Crippen LogP contribution in [0.3, 0.4) is 0 Å². The Morgan fingerprint density at radius 1 is 1.05 bits per heavy atom. The van der Waals surface area contributed by atoms with Gasteiger partial charge in [0, 0.05) is 55.4 Å². The molecule has 3 heterocycles. The van der Waals surface area contributed by atoms with Gasteiger partial charge in [0.25, 0.3) is 11.5 Å². The molecule has 9 nitrogen and oxygen atoms in total. The molecule has 204 valence electrons. The summed E-state index contributed by atoms with van der Waals surface area (Å²) in [4.78, 5) is 32.3. The number of halogens is 2. The molecule has 1 amide bonds. The maximum absolute atomic E-state index is 15.1. The van der Waals surface area contributed by atoms with Crippen LogP contribution in [0.25, 0.3) is 5.69 Å². The number of hydrogen-bond acceptors (Lipinski definition) is 7. The number of morpholine rings is 1. The van der Waals surface area contributed by atoms with Gasteiger partial charge in [-0.05, 0) is 48.5 Å². The molecule has 5 rings (SSSR count). The summed E-state index contributed by atoms with van der Waals surface area (Å²) in [6, 6.07) is 13.8. The Morgan fingerprint density at radius 2 is 1.82 bits per heavy atom. The Balaban J connectivity index is 1.35. The Morgan fingerprint density at radius 3 is 2.55 bits per heavy atom. The van der Waals surface area contributed by atoms with Crippen LogP contribution in [0.2, 0.25) is 0 Å². The molecule has 4 aromatic rings. The van der Waals surface area contributed by atoms with Crippen molar-refractivity contribution in [2.24, 2.45) is 0 Å². The molecule has 0 saturated carbocycles. The lowest BCUT2D eigenvalue weighted by Crippen LogP contribution is -2.36. The Bertz CT molecular complexity index is 1600. The molecule has 40 heavy (non-hydrogen) atoms. The molecule has 1 saturated heterocycles. The minimum atomic E-state index is -0.743. The van der Waals surface area contributed by atoms with Crippen LogP contribution in [0, 0.1) is 17.0 Å². The van der Waals surface area contributed by atoms with Crippen molar-refractivity contribution in [2.75, 3.05) is 36.5 Å². The molecule has 0 bridgehead atoms. The number of nitrogens with zero attached hydrogens (tertiary/aromatic N) is 3. The number of anilines is 2. The van der Waals surface area contributed by atoms with Crippen molar-refractivity contribution in [2.45, 2.75) is 6.42 Å². The van der Waals surface area contributed by atoms with Crippen molar-refractivity contribution in [3.8, 4) is 17.2 Å². The van der Waals surface area contributed by atoms with Crippen LogP contribution in [-0.2, 0) is 11.2 Å². The number of rotatable bonds is 8. The lowest BCUT2D eigenvalue weighted by Gasteiger charge is -2.29. The lowest BCUT2D eigenvalue weighted by atomic mass is 10.2. The second-order valence-corrected chi connectivity index (χ2v) is 8.92. The molecule has 1 aliphatic heterocycles. The van der Waals surface area contributed by atoms with Gasteiger partial charge in [-0.15, -0.1) is 0 Å². The molecule has 0 spiro atoms. The molecule has 0 unspecified atom stereocenters. The maximum Gasteiger partial charge on any atom is 0.267 e. The van der Waals surface area contributed by atoms with Crippen LogP contribution in [-0.4, -0.2) is 48.0 Å². The average Bonchev–Trinajstić information content (AvgIpc) is 2.96. The van der Waals surface area contributed by atoms with Gasteiger partial charge in [-0.25, -0.2) is 8.78 Å². The van der Waals surface area contributed by atoms with E-state index in [1.807, 2.05) is 0 Å². The maximum atomic E-state index is 15.1. The lowest BCUT2D eigenvalue weighted by molar-refractivity contribution is 0.102. The van der Waals surface area contributed by atoms with Crippen LogP contribution < -0.4 is 20.5 Å². The molecule has 1 aliphatic rings. The zero-order valence-electron chi connectivity index (χ0n) is 21.3. The first kappa shape index (κ1) is 26.7. The highest BCUT2D eigenvalue weighted by atomic mass is 19.1. The van der Waals surface area contributed by atoms with E-state index in [0.29, 0.717) is 43.4 Å². The summed E-state index contributed by atoms with van der Waals surface area (Å²) in [5.74, 6) is -1.71. The molecule has 2 aromatic carbocycles. The highest BCUT2D eigenvalue weighted by molar-refractivity contribution is 6.04. The highest BCUT2D eigenvalue weighted by Crippen LogP contribution is 2.31. The van der Waals surface area contributed by atoms with Crippen LogP contribution >= 0.6 is 0 Å². The summed E-state index contributed by atoms with van der Waals surface area (Å²) in [6.07, 6.45) is 4.56. The topological polar surface area (TPSA) is 110 Å². The first-order valence-corrected chi connectivity index (χ1v) is 12.5. The van der Waals surface area contributed by atoms with E-state index in [-0.39, 0.29) is 23.4 Å². The summed E-state index contributed by atoms with van der Waals surface area (Å²) >= 11 is 0. The number of nitrogens with one attached hydrogen (secondary N) is 2. The number of ether oxygens (including phenoxy) is 2. The summed E-state index contributed by atoms with van der Waals surface area (Å²) in [5, 5.41) is 9.99. The zero-order chi connectivity index (χ0) is 28.1. The molecular formula is C29H25F2N5O4. The highest BCUT2D eigenvalue weighted by Gasteiger charge is 2.18. The quantitative estimate of drug-likeness (QED) is 0.314. The van der Waals surface area contributed by atoms with E-state index >= 15 is 4.39 Å². The molecule has 2 aromatic heterocycles. The average molecular weight is 546 g/mol. The second-order valence-electron chi connectivity index (χ2n) is 8.92. The van der Waals surface area contributed by atoms with Crippen molar-refractivity contribution in [1.82, 2.24) is 9.55 Å². The molecule has 1 fully saturated rings. The van der Waals surface area contributed by atoms with Gasteiger partial charge in [-0.2, -0.15) is 0 Å². The summed E-state index contributed by atoms with van der Waals surface area (Å²) in [5.41, 5.74) is 0.999. The Kier molecular flexibility index (Phi) is 7.92. The van der Waals surface area contributed by atoms with Gasteiger partial charge >= 0.3 is 0 Å². The number of hydrogen-bond donors (Lipinski definition) is 2. The first-order valence-electron chi connectivity index (χ1n) is 12.5. The Labute approximate surface area is 228 Å². The summed E-state index contributed by atoms with van der Waals surface area (Å²) in [7, 11) is 0. The van der Waals surface area contributed by atoms with E-state index in [0.717, 1.165) is 11.8 Å². The normalized spacial score (nSPS) is 13.1. The van der Waals surface area contributed by atoms with E-state index in [9.17, 15) is 14.0 Å². The Hall–Kier alpha value is -4.90. The number of aromatic nitrogens is 2. The molecule has 0 atom stereocenters. The third-order valence-corrected chi connectivity index (χ3v) is 6.29. The van der Waals surface area contributed by atoms with Gasteiger partial charge in [0.05, 0.1) is 30.8 Å². The van der Waals surface area contributed by atoms with E-state index in [1.54, 1.807) is 12.3 Å². The van der Waals surface area contributed by atoms with Crippen LogP contribution in [0.5, 0.6) is 11.5 Å². The van der Waals surface area contributed by atoms with Gasteiger partial charge in [-0.1, -0.05) is 0 Å². The first-order chi connectivity index (χ1) is 19.4. The largest absolute Gasteiger partial charge is 0.452 e. The fraction of sp³-hybridized carbons (Fsp3) is 0.172. The molecule has 0 radical (unpaired) electrons. The number of carbonyl (C=O) groups excluding carboxylic acids is 1. The predicted octanol–water partition coefficient (Wildman–Crippen LogP) is 4.58. The third kappa shape index (κ3) is 5.89. The third-order valence-electron chi connectivity index (χ3n) is 6.29. The molecular weight excluding hydrogens is 520 g/mol. The van der Waals surface area contributed by atoms with Gasteiger partial charge in [0.1, 0.15) is 11.4 Å². The fourth-order valence-corrected chi connectivity index (χ4v) is 4.25. The van der Waals surface area contributed by atoms with Gasteiger partial charge in [0.2, 0.25) is 0 Å². The molecule has 11 heteroatoms. The van der Waals surface area contributed by atoms with E-state index in [1.165, 1.54) is 65.5 Å². The minimum Gasteiger partial charge on any atom is -0.452 e. The number of amides is 1. The number of benzene rings is 2. The van der Waals surface area contributed by atoms with Crippen molar-refractivity contribution in [1.29, 1.82) is 5.41 Å². The van der Waals surface area contributed by atoms with Crippen molar-refractivity contribution in [3.63, 3.8) is 0 Å². The molecule has 0 aliphatic carbocycles. The van der Waals surface area contributed by atoms with E-state index in [4.69, 9.17) is 14.9 Å².